The van der Waals surface area contributed by atoms with Crippen molar-refractivity contribution < 1.29 is 5.11 Å². The Morgan fingerprint density at radius 2 is 2.00 bits per heavy atom. The summed E-state index contributed by atoms with van der Waals surface area (Å²) in [5.74, 6) is 1.83. The van der Waals surface area contributed by atoms with E-state index in [-0.39, 0.29) is 11.6 Å². The third-order valence-corrected chi connectivity index (χ3v) is 4.04. The molecule has 0 radical (unpaired) electrons. The Morgan fingerprint density at radius 1 is 1.38 bits per heavy atom. The third kappa shape index (κ3) is 4.34. The van der Waals surface area contributed by atoms with Crippen LogP contribution < -0.4 is 5.73 Å². The molecule has 1 aliphatic carbocycles. The second kappa shape index (κ2) is 5.23. The summed E-state index contributed by atoms with van der Waals surface area (Å²) >= 11 is 1.79. The lowest BCUT2D eigenvalue weighted by Crippen LogP contribution is -2.34. The number of hydrogen-bond donors (Lipinski definition) is 2. The summed E-state index contributed by atoms with van der Waals surface area (Å²) in [6, 6.07) is 0.247. The maximum Gasteiger partial charge on any atom is 0.0737 e. The fourth-order valence-corrected chi connectivity index (χ4v) is 2.95. The van der Waals surface area contributed by atoms with Crippen LogP contribution in [-0.4, -0.2) is 28.3 Å². The first-order valence-electron chi connectivity index (χ1n) is 5.18. The van der Waals surface area contributed by atoms with Crippen molar-refractivity contribution in [3.05, 3.63) is 0 Å². The molecule has 0 bridgehead atoms. The smallest absolute Gasteiger partial charge is 0.0737 e. The van der Waals surface area contributed by atoms with Gasteiger partial charge >= 0.3 is 0 Å². The zero-order valence-corrected chi connectivity index (χ0v) is 9.28. The van der Waals surface area contributed by atoms with Crippen molar-refractivity contribution in [3.8, 4) is 0 Å². The zero-order valence-electron chi connectivity index (χ0n) is 8.46. The van der Waals surface area contributed by atoms with Crippen LogP contribution >= 0.6 is 11.8 Å². The number of rotatable bonds is 4. The summed E-state index contributed by atoms with van der Waals surface area (Å²) in [5.41, 5.74) is 5.27. The summed E-state index contributed by atoms with van der Waals surface area (Å²) in [5, 5.41) is 10.1. The molecule has 0 aromatic carbocycles. The molecule has 1 fully saturated rings. The van der Waals surface area contributed by atoms with E-state index in [2.05, 4.69) is 0 Å². The van der Waals surface area contributed by atoms with Crippen molar-refractivity contribution in [1.29, 1.82) is 0 Å². The molecule has 13 heavy (non-hydrogen) atoms. The highest BCUT2D eigenvalue weighted by atomic mass is 32.2. The predicted octanol–water partition coefficient (Wildman–Crippen LogP) is 1.76. The number of nitrogens with two attached hydrogens (primary N) is 1. The molecule has 0 aliphatic heterocycles. The SMILES string of the molecule is CC(N)CSCC1(O)CCCCC1. The fourth-order valence-electron chi connectivity index (χ4n) is 1.79. The standard InChI is InChI=1S/C10H21NOS/c1-9(11)7-13-8-10(12)5-3-2-4-6-10/h9,12H,2-8,11H2,1H3. The molecule has 0 aromatic heterocycles. The van der Waals surface area contributed by atoms with Gasteiger partial charge in [-0.25, -0.2) is 0 Å². The zero-order chi connectivity index (χ0) is 9.73. The number of hydrogen-bond acceptors (Lipinski definition) is 3. The van der Waals surface area contributed by atoms with Crippen molar-refractivity contribution in [1.82, 2.24) is 0 Å². The van der Waals surface area contributed by atoms with Crippen LogP contribution in [0.2, 0.25) is 0 Å². The summed E-state index contributed by atoms with van der Waals surface area (Å²) in [6.45, 7) is 2.01. The minimum Gasteiger partial charge on any atom is -0.389 e. The minimum atomic E-state index is -0.377. The van der Waals surface area contributed by atoms with Gasteiger partial charge in [-0.3, -0.25) is 0 Å². The van der Waals surface area contributed by atoms with Gasteiger partial charge in [0.1, 0.15) is 0 Å². The molecule has 78 valence electrons. The van der Waals surface area contributed by atoms with Crippen molar-refractivity contribution in [2.75, 3.05) is 11.5 Å². The molecular formula is C10H21NOS. The highest BCUT2D eigenvalue weighted by Crippen LogP contribution is 2.30. The van der Waals surface area contributed by atoms with Gasteiger partial charge in [0.05, 0.1) is 5.60 Å². The first-order valence-corrected chi connectivity index (χ1v) is 6.34. The van der Waals surface area contributed by atoms with Gasteiger partial charge in [-0.2, -0.15) is 11.8 Å². The van der Waals surface area contributed by atoms with E-state index in [0.717, 1.165) is 24.3 Å². The van der Waals surface area contributed by atoms with Crippen LogP contribution in [0.3, 0.4) is 0 Å². The van der Waals surface area contributed by atoms with Crippen LogP contribution in [0.5, 0.6) is 0 Å². The van der Waals surface area contributed by atoms with Crippen molar-refractivity contribution in [2.24, 2.45) is 5.73 Å². The minimum absolute atomic E-state index is 0.247. The van der Waals surface area contributed by atoms with Crippen LogP contribution in [0.1, 0.15) is 39.0 Å². The van der Waals surface area contributed by atoms with E-state index in [4.69, 9.17) is 5.73 Å². The summed E-state index contributed by atoms with van der Waals surface area (Å²) in [7, 11) is 0. The molecule has 0 aromatic rings. The first kappa shape index (κ1) is 11.3. The van der Waals surface area contributed by atoms with Gasteiger partial charge < -0.3 is 10.8 Å². The predicted molar refractivity (Wildman–Crippen MR) is 59.0 cm³/mol. The normalized spacial score (nSPS) is 24.2. The Bertz CT molecular complexity index is 144. The molecular weight excluding hydrogens is 182 g/mol. The van der Waals surface area contributed by atoms with Gasteiger partial charge in [-0.05, 0) is 19.8 Å². The number of thioether (sulfide) groups is 1. The molecule has 0 amide bonds. The van der Waals surface area contributed by atoms with Gasteiger partial charge in [0.15, 0.2) is 0 Å². The van der Waals surface area contributed by atoms with Crippen molar-refractivity contribution in [3.63, 3.8) is 0 Å². The van der Waals surface area contributed by atoms with Crippen LogP contribution in [0.25, 0.3) is 0 Å². The van der Waals surface area contributed by atoms with E-state index in [1.165, 1.54) is 19.3 Å². The second-order valence-corrected chi connectivity index (χ2v) is 5.31. The van der Waals surface area contributed by atoms with Crippen LogP contribution in [0, 0.1) is 0 Å². The second-order valence-electron chi connectivity index (χ2n) is 4.28. The number of aliphatic hydroxyl groups is 1. The van der Waals surface area contributed by atoms with E-state index in [0.29, 0.717) is 0 Å². The molecule has 1 aliphatic rings. The lowest BCUT2D eigenvalue weighted by atomic mass is 9.86. The lowest BCUT2D eigenvalue weighted by molar-refractivity contribution is 0.0273. The largest absolute Gasteiger partial charge is 0.389 e. The molecule has 0 spiro atoms. The van der Waals surface area contributed by atoms with E-state index in [9.17, 15) is 5.11 Å². The van der Waals surface area contributed by atoms with Crippen LogP contribution in [-0.2, 0) is 0 Å². The molecule has 1 atom stereocenters. The van der Waals surface area contributed by atoms with Gasteiger partial charge in [-0.1, -0.05) is 19.3 Å². The Morgan fingerprint density at radius 3 is 2.54 bits per heavy atom. The molecule has 0 heterocycles. The maximum absolute atomic E-state index is 10.1. The highest BCUT2D eigenvalue weighted by Gasteiger charge is 2.28. The average molecular weight is 203 g/mol. The molecule has 3 heteroatoms. The molecule has 3 N–H and O–H groups in total. The first-order chi connectivity index (χ1) is 6.12. The van der Waals surface area contributed by atoms with E-state index in [1.807, 2.05) is 6.92 Å². The average Bonchev–Trinajstić information content (AvgIpc) is 2.04. The lowest BCUT2D eigenvalue weighted by Gasteiger charge is -2.31. The molecule has 2 nitrogen and oxygen atoms in total. The van der Waals surface area contributed by atoms with Gasteiger partial charge in [0.2, 0.25) is 0 Å². The van der Waals surface area contributed by atoms with E-state index >= 15 is 0 Å². The fraction of sp³-hybridized carbons (Fsp3) is 1.00. The topological polar surface area (TPSA) is 46.2 Å². The quantitative estimate of drug-likeness (QED) is 0.732. The Hall–Kier alpha value is 0.270. The van der Waals surface area contributed by atoms with E-state index < -0.39 is 0 Å². The molecule has 1 rings (SSSR count). The van der Waals surface area contributed by atoms with Crippen LogP contribution in [0.4, 0.5) is 0 Å². The Labute approximate surface area is 85.3 Å². The Kier molecular flexibility index (Phi) is 4.56. The van der Waals surface area contributed by atoms with Crippen molar-refractivity contribution in [2.45, 2.75) is 50.7 Å². The molecule has 1 unspecified atom stereocenters. The maximum atomic E-state index is 10.1. The van der Waals surface area contributed by atoms with Gasteiger partial charge in [-0.15, -0.1) is 0 Å². The third-order valence-electron chi connectivity index (χ3n) is 2.54. The summed E-state index contributed by atoms with van der Waals surface area (Å²) in [4.78, 5) is 0. The Balaban J connectivity index is 2.17. The summed E-state index contributed by atoms with van der Waals surface area (Å²) < 4.78 is 0. The summed E-state index contributed by atoms with van der Waals surface area (Å²) in [6.07, 6.45) is 5.64. The van der Waals surface area contributed by atoms with E-state index in [1.54, 1.807) is 11.8 Å². The molecule has 1 saturated carbocycles. The monoisotopic (exact) mass is 203 g/mol. The van der Waals surface area contributed by atoms with Crippen molar-refractivity contribution >= 4 is 11.8 Å². The molecule has 0 saturated heterocycles. The highest BCUT2D eigenvalue weighted by molar-refractivity contribution is 7.99. The van der Waals surface area contributed by atoms with Gasteiger partial charge in [0.25, 0.3) is 0 Å². The van der Waals surface area contributed by atoms with Gasteiger partial charge in [0, 0.05) is 17.5 Å². The van der Waals surface area contributed by atoms with Crippen LogP contribution in [0.15, 0.2) is 0 Å².